The van der Waals surface area contributed by atoms with Gasteiger partial charge in [0.05, 0.1) is 30.6 Å². The molecule has 6 rings (SSSR count). The Bertz CT molecular complexity index is 1670. The number of rotatable bonds is 12. The number of fused-ring (bicyclic) bond motifs is 7. The van der Waals surface area contributed by atoms with Gasteiger partial charge in [0, 0.05) is 14.6 Å². The summed E-state index contributed by atoms with van der Waals surface area (Å²) in [6.45, 7) is 29.7. The van der Waals surface area contributed by atoms with Crippen LogP contribution < -0.4 is 5.32 Å². The zero-order valence-corrected chi connectivity index (χ0v) is 37.1. The van der Waals surface area contributed by atoms with Crippen LogP contribution in [0.15, 0.2) is 42.5 Å². The normalized spacial score (nSPS) is 36.3. The standard InChI is InChI=1S/C48H73NO5Si/c1-12-29-53-40(50)22-28-49-43(52)48-25-19-35(32(2)3)41(48)37-17-18-39-45(6)23-20-36(33-13-15-34(16-14-33)42(51)54-30-31-55(9,10)11)44(4,5)38(45)21-24-47(39,8)46(37,7)26-27-48/h13-16,20,35,37-39,41H,2,12,17-19,21-31H2,1,3-11H3,(H,49,52)/t35-,37+,38-,39+,41+,45-,46+,47+,48-/m0/s1. The predicted octanol–water partition coefficient (Wildman–Crippen LogP) is 11.3. The fourth-order valence-corrected chi connectivity index (χ4v) is 14.4. The number of hydrogen-bond acceptors (Lipinski definition) is 5. The molecule has 6 nitrogen and oxygen atoms in total. The van der Waals surface area contributed by atoms with Gasteiger partial charge in [0.15, 0.2) is 0 Å². The summed E-state index contributed by atoms with van der Waals surface area (Å²) in [7, 11) is -1.27. The molecule has 0 radical (unpaired) electrons. The summed E-state index contributed by atoms with van der Waals surface area (Å²) in [5.74, 6) is 1.97. The summed E-state index contributed by atoms with van der Waals surface area (Å²) in [5.41, 5.74) is 4.59. The molecule has 4 saturated carbocycles. The van der Waals surface area contributed by atoms with Gasteiger partial charge < -0.3 is 14.8 Å². The van der Waals surface area contributed by atoms with E-state index < -0.39 is 13.5 Å². The SMILES string of the molecule is C=C(C)[C@@H]1CC[C@]2(C(=O)NCCC(=O)OCCC)CC[C@]3(C)[C@H](CC[C@@H]4[C@@]5(C)CC=C(c6ccc(C(=O)OCC[Si](C)(C)C)cc6)C(C)(C)[C@@H]5CC[C@]43C)[C@@H]12. The first kappa shape index (κ1) is 41.9. The molecule has 1 aromatic carbocycles. The second-order valence-electron chi connectivity index (χ2n) is 21.1. The van der Waals surface area contributed by atoms with Crippen molar-refractivity contribution < 1.29 is 23.9 Å². The van der Waals surface area contributed by atoms with Gasteiger partial charge in [-0.2, -0.15) is 0 Å². The highest BCUT2D eigenvalue weighted by Crippen LogP contribution is 2.77. The molecule has 0 aromatic heterocycles. The first-order chi connectivity index (χ1) is 25.7. The first-order valence-corrected chi connectivity index (χ1v) is 25.5. The molecular weight excluding hydrogens is 699 g/mol. The summed E-state index contributed by atoms with van der Waals surface area (Å²) in [6, 6.07) is 9.19. The Morgan fingerprint density at radius 1 is 0.855 bits per heavy atom. The summed E-state index contributed by atoms with van der Waals surface area (Å²) in [6.07, 6.45) is 13.4. The van der Waals surface area contributed by atoms with Gasteiger partial charge in [-0.25, -0.2) is 4.79 Å². The minimum Gasteiger partial charge on any atom is -0.466 e. The Balaban J connectivity index is 1.22. The van der Waals surface area contributed by atoms with Crippen molar-refractivity contribution >= 4 is 31.5 Å². The number of hydrogen-bond donors (Lipinski definition) is 1. The van der Waals surface area contributed by atoms with Crippen LogP contribution in [0.2, 0.25) is 25.7 Å². The van der Waals surface area contributed by atoms with Crippen LogP contribution in [-0.4, -0.2) is 45.7 Å². The smallest absolute Gasteiger partial charge is 0.338 e. The van der Waals surface area contributed by atoms with Crippen LogP contribution in [0.1, 0.15) is 135 Å². The molecule has 5 aliphatic rings. The molecule has 0 heterocycles. The number of carbonyl (C=O) groups excluding carboxylic acids is 3. The minimum absolute atomic E-state index is 0.00921. The number of carbonyl (C=O) groups is 3. The Labute approximate surface area is 334 Å². The van der Waals surface area contributed by atoms with Crippen LogP contribution in [0, 0.1) is 56.7 Å². The van der Waals surface area contributed by atoms with Gasteiger partial charge >= 0.3 is 11.9 Å². The largest absolute Gasteiger partial charge is 0.466 e. The molecule has 0 saturated heterocycles. The van der Waals surface area contributed by atoms with Crippen molar-refractivity contribution in [3.8, 4) is 0 Å². The zero-order valence-electron chi connectivity index (χ0n) is 36.1. The zero-order chi connectivity index (χ0) is 40.2. The van der Waals surface area contributed by atoms with Crippen LogP contribution in [-0.2, 0) is 19.1 Å². The molecule has 1 amide bonds. The third-order valence-electron chi connectivity index (χ3n) is 16.7. The molecular formula is C48H73NO5Si. The fourth-order valence-electron chi connectivity index (χ4n) is 13.7. The third-order valence-corrected chi connectivity index (χ3v) is 18.4. The van der Waals surface area contributed by atoms with Crippen molar-refractivity contribution in [2.75, 3.05) is 19.8 Å². The lowest BCUT2D eigenvalue weighted by Gasteiger charge is -2.72. The maximum Gasteiger partial charge on any atom is 0.338 e. The van der Waals surface area contributed by atoms with Crippen LogP contribution >= 0.6 is 0 Å². The van der Waals surface area contributed by atoms with E-state index >= 15 is 0 Å². The number of ether oxygens (including phenoxy) is 2. The summed E-state index contributed by atoms with van der Waals surface area (Å²) in [5, 5.41) is 3.25. The highest BCUT2D eigenvalue weighted by molar-refractivity contribution is 6.76. The Morgan fingerprint density at radius 3 is 2.22 bits per heavy atom. The van der Waals surface area contributed by atoms with Crippen LogP contribution in [0.3, 0.4) is 0 Å². The Morgan fingerprint density at radius 2 is 1.56 bits per heavy atom. The van der Waals surface area contributed by atoms with Crippen molar-refractivity contribution in [3.05, 3.63) is 53.6 Å². The molecule has 7 heteroatoms. The molecule has 0 bridgehead atoms. The maximum absolute atomic E-state index is 14.4. The molecule has 55 heavy (non-hydrogen) atoms. The number of benzene rings is 1. The lowest BCUT2D eigenvalue weighted by molar-refractivity contribution is -0.225. The monoisotopic (exact) mass is 772 g/mol. The van der Waals surface area contributed by atoms with Gasteiger partial charge in [0.1, 0.15) is 0 Å². The van der Waals surface area contributed by atoms with Crippen LogP contribution in [0.5, 0.6) is 0 Å². The van der Waals surface area contributed by atoms with E-state index in [9.17, 15) is 14.4 Å². The second kappa shape index (κ2) is 15.3. The van der Waals surface area contributed by atoms with Crippen molar-refractivity contribution in [3.63, 3.8) is 0 Å². The van der Waals surface area contributed by atoms with Gasteiger partial charge in [-0.15, -0.1) is 0 Å². The fraction of sp³-hybridized carbons (Fsp3) is 0.729. The van der Waals surface area contributed by atoms with Gasteiger partial charge in [0.25, 0.3) is 0 Å². The summed E-state index contributed by atoms with van der Waals surface area (Å²) >= 11 is 0. The van der Waals surface area contributed by atoms with E-state index in [1.807, 2.05) is 19.1 Å². The van der Waals surface area contributed by atoms with Crippen molar-refractivity contribution in [1.82, 2.24) is 5.32 Å². The van der Waals surface area contributed by atoms with E-state index in [2.05, 4.69) is 91.3 Å². The predicted molar refractivity (Wildman–Crippen MR) is 226 cm³/mol. The number of nitrogens with one attached hydrogen (secondary N) is 1. The van der Waals surface area contributed by atoms with E-state index in [0.29, 0.717) is 49.0 Å². The highest BCUT2D eigenvalue weighted by Gasteiger charge is 2.71. The maximum atomic E-state index is 14.4. The van der Waals surface area contributed by atoms with E-state index in [0.717, 1.165) is 44.6 Å². The average molecular weight is 772 g/mol. The van der Waals surface area contributed by atoms with Crippen molar-refractivity contribution in [1.29, 1.82) is 0 Å². The Hall–Kier alpha value is -2.67. The van der Waals surface area contributed by atoms with E-state index in [-0.39, 0.29) is 51.8 Å². The van der Waals surface area contributed by atoms with Crippen LogP contribution in [0.25, 0.3) is 5.57 Å². The number of esters is 2. The van der Waals surface area contributed by atoms with E-state index in [4.69, 9.17) is 9.47 Å². The van der Waals surface area contributed by atoms with Crippen molar-refractivity contribution in [2.24, 2.45) is 56.7 Å². The van der Waals surface area contributed by atoms with E-state index in [1.165, 1.54) is 42.4 Å². The lowest BCUT2D eigenvalue weighted by atomic mass is 9.32. The third kappa shape index (κ3) is 7.24. The quantitative estimate of drug-likeness (QED) is 0.130. The van der Waals surface area contributed by atoms with Gasteiger partial charge in [0.2, 0.25) is 5.91 Å². The molecule has 1 aromatic rings. The molecule has 9 atom stereocenters. The molecule has 304 valence electrons. The molecule has 0 aliphatic heterocycles. The summed E-state index contributed by atoms with van der Waals surface area (Å²) < 4.78 is 10.9. The Kier molecular flexibility index (Phi) is 11.6. The van der Waals surface area contributed by atoms with Gasteiger partial charge in [-0.05, 0) is 152 Å². The second-order valence-corrected chi connectivity index (χ2v) is 26.8. The molecule has 5 aliphatic carbocycles. The molecule has 0 spiro atoms. The van der Waals surface area contributed by atoms with Gasteiger partial charge in [-0.3, -0.25) is 9.59 Å². The molecule has 4 fully saturated rings. The molecule has 0 unspecified atom stereocenters. The topological polar surface area (TPSA) is 81.7 Å². The lowest BCUT2D eigenvalue weighted by Crippen LogP contribution is -2.66. The minimum atomic E-state index is -1.27. The average Bonchev–Trinajstić information content (AvgIpc) is 3.52. The number of allylic oxidation sites excluding steroid dienone is 3. The highest BCUT2D eigenvalue weighted by atomic mass is 28.3. The molecule has 1 N–H and O–H groups in total. The van der Waals surface area contributed by atoms with E-state index in [1.54, 1.807) is 0 Å². The van der Waals surface area contributed by atoms with Gasteiger partial charge in [-0.1, -0.05) is 91.5 Å². The van der Waals surface area contributed by atoms with Crippen LogP contribution in [0.4, 0.5) is 0 Å². The summed E-state index contributed by atoms with van der Waals surface area (Å²) in [4.78, 5) is 39.5. The van der Waals surface area contributed by atoms with Crippen molar-refractivity contribution in [2.45, 2.75) is 145 Å². The number of amides is 1. The first-order valence-electron chi connectivity index (χ1n) is 21.8.